The van der Waals surface area contributed by atoms with E-state index in [0.717, 1.165) is 18.5 Å². The molecule has 0 radical (unpaired) electrons. The summed E-state index contributed by atoms with van der Waals surface area (Å²) in [6.45, 7) is 1.42. The predicted octanol–water partition coefficient (Wildman–Crippen LogP) is 2.61. The first-order valence-electron chi connectivity index (χ1n) is 9.77. The summed E-state index contributed by atoms with van der Waals surface area (Å²) in [6.07, 6.45) is 2.13. The molecule has 0 aromatic heterocycles. The first-order valence-corrected chi connectivity index (χ1v) is 9.77. The van der Waals surface area contributed by atoms with Crippen LogP contribution in [0.3, 0.4) is 0 Å². The van der Waals surface area contributed by atoms with Crippen molar-refractivity contribution in [2.75, 3.05) is 24.7 Å². The lowest BCUT2D eigenvalue weighted by molar-refractivity contribution is -0.127. The minimum Gasteiger partial charge on any atom is -0.486 e. The van der Waals surface area contributed by atoms with Crippen LogP contribution in [0.25, 0.3) is 0 Å². The molecule has 1 aliphatic carbocycles. The average molecular weight is 378 g/mol. The Balaban J connectivity index is 1.28. The van der Waals surface area contributed by atoms with Crippen LogP contribution in [0, 0.1) is 5.92 Å². The van der Waals surface area contributed by atoms with Crippen molar-refractivity contribution in [2.24, 2.45) is 5.92 Å². The van der Waals surface area contributed by atoms with Crippen molar-refractivity contribution in [3.8, 4) is 11.5 Å². The van der Waals surface area contributed by atoms with Gasteiger partial charge in [0.2, 0.25) is 11.8 Å². The molecule has 2 aliphatic heterocycles. The van der Waals surface area contributed by atoms with Crippen LogP contribution < -0.4 is 19.7 Å². The van der Waals surface area contributed by atoms with Gasteiger partial charge in [-0.2, -0.15) is 0 Å². The largest absolute Gasteiger partial charge is 0.486 e. The summed E-state index contributed by atoms with van der Waals surface area (Å²) in [5.41, 5.74) is 3.24. The number of hydrogen-bond donors (Lipinski definition) is 1. The molecular formula is C22H22N2O4. The molecule has 2 aromatic rings. The van der Waals surface area contributed by atoms with Crippen molar-refractivity contribution in [3.63, 3.8) is 0 Å². The second-order valence-electron chi connectivity index (χ2n) is 7.53. The van der Waals surface area contributed by atoms with E-state index in [1.807, 2.05) is 30.3 Å². The van der Waals surface area contributed by atoms with Crippen LogP contribution in [0.15, 0.2) is 42.5 Å². The normalized spacial score (nSPS) is 22.9. The van der Waals surface area contributed by atoms with Crippen LogP contribution in [0.1, 0.15) is 30.0 Å². The van der Waals surface area contributed by atoms with Gasteiger partial charge in [-0.05, 0) is 36.1 Å². The van der Waals surface area contributed by atoms with E-state index in [0.29, 0.717) is 31.3 Å². The highest BCUT2D eigenvalue weighted by Crippen LogP contribution is 2.36. The van der Waals surface area contributed by atoms with Crippen molar-refractivity contribution < 1.29 is 19.1 Å². The lowest BCUT2D eigenvalue weighted by Gasteiger charge is -2.22. The zero-order valence-electron chi connectivity index (χ0n) is 15.5. The molecule has 144 valence electrons. The fourth-order valence-corrected chi connectivity index (χ4v) is 4.33. The Hall–Kier alpha value is -3.02. The number of amides is 2. The number of carbonyl (C=O) groups is 2. The topological polar surface area (TPSA) is 67.9 Å². The predicted molar refractivity (Wildman–Crippen MR) is 104 cm³/mol. The van der Waals surface area contributed by atoms with Gasteiger partial charge in [0.05, 0.1) is 12.0 Å². The number of nitrogens with zero attached hydrogens (tertiary/aromatic N) is 1. The number of benzene rings is 2. The van der Waals surface area contributed by atoms with Crippen molar-refractivity contribution in [1.82, 2.24) is 5.32 Å². The monoisotopic (exact) mass is 378 g/mol. The molecule has 5 rings (SSSR count). The van der Waals surface area contributed by atoms with Crippen LogP contribution in [-0.2, 0) is 16.0 Å². The van der Waals surface area contributed by atoms with Crippen LogP contribution in [0.5, 0.6) is 11.5 Å². The third-order valence-corrected chi connectivity index (χ3v) is 5.78. The quantitative estimate of drug-likeness (QED) is 0.892. The number of aryl methyl sites for hydroxylation is 1. The maximum Gasteiger partial charge on any atom is 0.227 e. The van der Waals surface area contributed by atoms with Gasteiger partial charge in [0.15, 0.2) is 11.5 Å². The molecule has 6 nitrogen and oxygen atoms in total. The van der Waals surface area contributed by atoms with Crippen LogP contribution in [0.4, 0.5) is 5.69 Å². The minimum absolute atomic E-state index is 0.0383. The molecule has 2 aromatic carbocycles. The molecule has 6 heteroatoms. The Bertz CT molecular complexity index is 942. The van der Waals surface area contributed by atoms with Crippen LogP contribution in [0.2, 0.25) is 0 Å². The maximum absolute atomic E-state index is 12.8. The van der Waals surface area contributed by atoms with Gasteiger partial charge in [-0.3, -0.25) is 9.59 Å². The number of anilines is 1. The molecule has 2 atom stereocenters. The molecule has 0 unspecified atom stereocenters. The zero-order valence-corrected chi connectivity index (χ0v) is 15.5. The molecule has 0 spiro atoms. The molecule has 3 aliphatic rings. The Kier molecular flexibility index (Phi) is 4.19. The number of hydrogen-bond acceptors (Lipinski definition) is 4. The summed E-state index contributed by atoms with van der Waals surface area (Å²) in [6, 6.07) is 13.8. The molecule has 2 amide bonds. The summed E-state index contributed by atoms with van der Waals surface area (Å²) in [7, 11) is 0. The van der Waals surface area contributed by atoms with Gasteiger partial charge >= 0.3 is 0 Å². The highest BCUT2D eigenvalue weighted by molar-refractivity contribution is 6.00. The van der Waals surface area contributed by atoms with Crippen molar-refractivity contribution >= 4 is 17.5 Å². The SMILES string of the molecule is O=C(N[C@H]1CCc2ccccc21)[C@@H]1CC(=O)N(c2ccc3c(c2)OCCO3)C1. The molecule has 1 fully saturated rings. The standard InChI is InChI=1S/C22H22N2O4/c25-21-11-15(22(26)23-18-7-5-14-3-1-2-4-17(14)18)13-24(21)16-6-8-19-20(12-16)28-10-9-27-19/h1-4,6,8,12,15,18H,5,7,9-11,13H2,(H,23,26)/t15-,18+/m1/s1. The third kappa shape index (κ3) is 2.99. The first-order chi connectivity index (χ1) is 13.7. The first kappa shape index (κ1) is 17.1. The molecule has 0 bridgehead atoms. The van der Waals surface area contributed by atoms with Gasteiger partial charge in [0.1, 0.15) is 13.2 Å². The van der Waals surface area contributed by atoms with Crippen molar-refractivity contribution in [1.29, 1.82) is 0 Å². The highest BCUT2D eigenvalue weighted by Gasteiger charge is 2.37. The Labute approximate surface area is 163 Å². The highest BCUT2D eigenvalue weighted by atomic mass is 16.6. The third-order valence-electron chi connectivity index (χ3n) is 5.78. The number of rotatable bonds is 3. The van der Waals surface area contributed by atoms with Gasteiger partial charge in [-0.1, -0.05) is 24.3 Å². The summed E-state index contributed by atoms with van der Waals surface area (Å²) in [4.78, 5) is 27.1. The second kappa shape index (κ2) is 6.86. The summed E-state index contributed by atoms with van der Waals surface area (Å²) >= 11 is 0. The maximum atomic E-state index is 12.8. The van der Waals surface area contributed by atoms with Crippen LogP contribution in [-0.4, -0.2) is 31.6 Å². The molecule has 0 saturated carbocycles. The van der Waals surface area contributed by atoms with Gasteiger partial charge in [-0.25, -0.2) is 0 Å². The van der Waals surface area contributed by atoms with Crippen molar-refractivity contribution in [3.05, 3.63) is 53.6 Å². The Morgan fingerprint density at radius 1 is 1.07 bits per heavy atom. The second-order valence-corrected chi connectivity index (χ2v) is 7.53. The number of ether oxygens (including phenoxy) is 2. The van der Waals surface area contributed by atoms with Gasteiger partial charge in [0.25, 0.3) is 0 Å². The van der Waals surface area contributed by atoms with E-state index in [1.54, 1.807) is 4.90 Å². The lowest BCUT2D eigenvalue weighted by atomic mass is 10.1. The zero-order chi connectivity index (χ0) is 19.1. The molecule has 1 saturated heterocycles. The minimum atomic E-state index is -0.339. The number of fused-ring (bicyclic) bond motifs is 2. The smallest absolute Gasteiger partial charge is 0.227 e. The average Bonchev–Trinajstić information content (AvgIpc) is 3.31. The summed E-state index contributed by atoms with van der Waals surface area (Å²) in [5, 5.41) is 3.16. The van der Waals surface area contributed by atoms with Gasteiger partial charge in [-0.15, -0.1) is 0 Å². The summed E-state index contributed by atoms with van der Waals surface area (Å²) < 4.78 is 11.2. The molecule has 1 N–H and O–H groups in total. The van der Waals surface area contributed by atoms with Gasteiger partial charge < -0.3 is 19.7 Å². The van der Waals surface area contributed by atoms with E-state index in [2.05, 4.69) is 17.4 Å². The lowest BCUT2D eigenvalue weighted by Crippen LogP contribution is -2.34. The Morgan fingerprint density at radius 3 is 2.79 bits per heavy atom. The van der Waals surface area contributed by atoms with E-state index < -0.39 is 0 Å². The van der Waals surface area contributed by atoms with E-state index >= 15 is 0 Å². The molecule has 2 heterocycles. The van der Waals surface area contributed by atoms with E-state index in [1.165, 1.54) is 11.1 Å². The number of nitrogens with one attached hydrogen (secondary N) is 1. The Morgan fingerprint density at radius 2 is 1.89 bits per heavy atom. The van der Waals surface area contributed by atoms with Crippen LogP contribution >= 0.6 is 0 Å². The fraction of sp³-hybridized carbons (Fsp3) is 0.364. The number of carbonyl (C=O) groups excluding carboxylic acids is 2. The fourth-order valence-electron chi connectivity index (χ4n) is 4.33. The van der Waals surface area contributed by atoms with E-state index in [9.17, 15) is 9.59 Å². The molecular weight excluding hydrogens is 356 g/mol. The van der Waals surface area contributed by atoms with Gasteiger partial charge in [0, 0.05) is 24.7 Å². The molecule has 28 heavy (non-hydrogen) atoms. The summed E-state index contributed by atoms with van der Waals surface area (Å²) in [5.74, 6) is 0.912. The van der Waals surface area contributed by atoms with E-state index in [4.69, 9.17) is 9.47 Å². The van der Waals surface area contributed by atoms with E-state index in [-0.39, 0.29) is 30.2 Å². The van der Waals surface area contributed by atoms with Crippen molar-refractivity contribution in [2.45, 2.75) is 25.3 Å².